The van der Waals surface area contributed by atoms with E-state index in [1.165, 1.54) is 16.2 Å². The fraction of sp³-hybridized carbons (Fsp3) is 0.200. The molecule has 2 aromatic rings. The smallest absolute Gasteiger partial charge is 0.228 e. The molecule has 20 heavy (non-hydrogen) atoms. The summed E-state index contributed by atoms with van der Waals surface area (Å²) < 4.78 is 0. The molecule has 0 saturated carbocycles. The fourth-order valence-corrected chi connectivity index (χ4v) is 3.40. The van der Waals surface area contributed by atoms with Crippen molar-refractivity contribution in [2.45, 2.75) is 19.8 Å². The van der Waals surface area contributed by atoms with E-state index in [0.717, 1.165) is 12.0 Å². The monoisotopic (exact) mass is 305 g/mol. The Labute approximate surface area is 125 Å². The Kier molecular flexibility index (Phi) is 3.36. The summed E-state index contributed by atoms with van der Waals surface area (Å²) in [6.07, 6.45) is 1.21. The number of nitrogens with one attached hydrogen (secondary N) is 1. The van der Waals surface area contributed by atoms with Crippen LogP contribution in [0.15, 0.2) is 24.3 Å². The van der Waals surface area contributed by atoms with Gasteiger partial charge in [0.25, 0.3) is 0 Å². The van der Waals surface area contributed by atoms with E-state index in [2.05, 4.69) is 12.2 Å². The molecule has 1 aromatic carbocycles. The molecule has 1 aliphatic heterocycles. The molecular formula is C15H12ClNO2S. The van der Waals surface area contributed by atoms with Gasteiger partial charge in [0, 0.05) is 16.1 Å². The number of anilines is 1. The maximum atomic E-state index is 12.5. The van der Waals surface area contributed by atoms with Crippen molar-refractivity contribution in [2.24, 2.45) is 0 Å². The van der Waals surface area contributed by atoms with Crippen molar-refractivity contribution < 1.29 is 9.59 Å². The Hall–Kier alpha value is -1.65. The number of rotatable bonds is 3. The third-order valence-electron chi connectivity index (χ3n) is 3.30. The van der Waals surface area contributed by atoms with E-state index in [1.807, 2.05) is 12.1 Å². The zero-order chi connectivity index (χ0) is 14.3. The number of hydrogen-bond donors (Lipinski definition) is 1. The van der Waals surface area contributed by atoms with Gasteiger partial charge in [0.05, 0.1) is 16.3 Å². The first kappa shape index (κ1) is 13.3. The molecule has 0 saturated heterocycles. The van der Waals surface area contributed by atoms with Gasteiger partial charge >= 0.3 is 0 Å². The van der Waals surface area contributed by atoms with Gasteiger partial charge in [-0.2, -0.15) is 0 Å². The van der Waals surface area contributed by atoms with E-state index in [1.54, 1.807) is 12.1 Å². The van der Waals surface area contributed by atoms with Crippen molar-refractivity contribution in [3.05, 3.63) is 50.2 Å². The van der Waals surface area contributed by atoms with Crippen LogP contribution in [0.3, 0.4) is 0 Å². The van der Waals surface area contributed by atoms with E-state index in [9.17, 15) is 9.59 Å². The number of aryl methyl sites for hydroxylation is 1. The van der Waals surface area contributed by atoms with Gasteiger partial charge in [-0.05, 0) is 36.2 Å². The molecule has 1 aromatic heterocycles. The number of carbonyl (C=O) groups is 2. The Morgan fingerprint density at radius 2 is 2.20 bits per heavy atom. The van der Waals surface area contributed by atoms with Gasteiger partial charge in [0.2, 0.25) is 11.7 Å². The predicted molar refractivity (Wildman–Crippen MR) is 80.9 cm³/mol. The molecule has 2 heterocycles. The SMILES string of the molecule is CCc1ccc(C(=O)c2cc3c(cc2Cl)NC(=O)C3)s1. The van der Waals surface area contributed by atoms with Crippen LogP contribution < -0.4 is 5.32 Å². The first-order valence-electron chi connectivity index (χ1n) is 6.34. The predicted octanol–water partition coefficient (Wildman–Crippen LogP) is 3.69. The lowest BCUT2D eigenvalue weighted by atomic mass is 10.0. The van der Waals surface area contributed by atoms with E-state index >= 15 is 0 Å². The van der Waals surface area contributed by atoms with Crippen molar-refractivity contribution >= 4 is 40.3 Å². The van der Waals surface area contributed by atoms with Gasteiger partial charge in [0.1, 0.15) is 0 Å². The molecule has 0 spiro atoms. The maximum absolute atomic E-state index is 12.5. The molecule has 0 radical (unpaired) electrons. The zero-order valence-corrected chi connectivity index (χ0v) is 12.4. The van der Waals surface area contributed by atoms with Crippen LogP contribution in [0.25, 0.3) is 0 Å². The second kappa shape index (κ2) is 5.04. The van der Waals surface area contributed by atoms with Crippen molar-refractivity contribution in [1.82, 2.24) is 0 Å². The molecule has 0 fully saturated rings. The third kappa shape index (κ3) is 2.25. The second-order valence-electron chi connectivity index (χ2n) is 4.66. The molecule has 0 atom stereocenters. The second-order valence-corrected chi connectivity index (χ2v) is 6.24. The summed E-state index contributed by atoms with van der Waals surface area (Å²) >= 11 is 7.66. The van der Waals surface area contributed by atoms with Gasteiger partial charge in [-0.1, -0.05) is 18.5 Å². The molecule has 1 amide bonds. The first-order chi connectivity index (χ1) is 9.58. The molecular weight excluding hydrogens is 294 g/mol. The maximum Gasteiger partial charge on any atom is 0.228 e. The lowest BCUT2D eigenvalue weighted by Crippen LogP contribution is -2.03. The van der Waals surface area contributed by atoms with Crippen LogP contribution in [0.5, 0.6) is 0 Å². The quantitative estimate of drug-likeness (QED) is 0.879. The van der Waals surface area contributed by atoms with Crippen LogP contribution in [0.2, 0.25) is 5.02 Å². The molecule has 0 bridgehead atoms. The van der Waals surface area contributed by atoms with Crippen LogP contribution in [-0.2, 0) is 17.6 Å². The number of benzene rings is 1. The number of fused-ring (bicyclic) bond motifs is 1. The van der Waals surface area contributed by atoms with Crippen molar-refractivity contribution in [2.75, 3.05) is 5.32 Å². The van der Waals surface area contributed by atoms with E-state index < -0.39 is 0 Å². The van der Waals surface area contributed by atoms with Gasteiger partial charge in [-0.25, -0.2) is 0 Å². The normalized spacial score (nSPS) is 13.2. The Balaban J connectivity index is 2.00. The zero-order valence-electron chi connectivity index (χ0n) is 10.8. The van der Waals surface area contributed by atoms with Crippen LogP contribution in [0, 0.1) is 0 Å². The van der Waals surface area contributed by atoms with Gasteiger partial charge in [0.15, 0.2) is 0 Å². The average molecular weight is 306 g/mol. The number of hydrogen-bond acceptors (Lipinski definition) is 3. The summed E-state index contributed by atoms with van der Waals surface area (Å²) in [5, 5.41) is 3.10. The Morgan fingerprint density at radius 1 is 1.40 bits per heavy atom. The first-order valence-corrected chi connectivity index (χ1v) is 7.53. The van der Waals surface area contributed by atoms with Crippen molar-refractivity contribution in [1.29, 1.82) is 0 Å². The van der Waals surface area contributed by atoms with Gasteiger partial charge in [-0.3, -0.25) is 9.59 Å². The molecule has 0 aliphatic carbocycles. The summed E-state index contributed by atoms with van der Waals surface area (Å²) in [5.74, 6) is -0.146. The molecule has 3 rings (SSSR count). The van der Waals surface area contributed by atoms with Gasteiger partial charge < -0.3 is 5.32 Å². The van der Waals surface area contributed by atoms with Crippen molar-refractivity contribution in [3.63, 3.8) is 0 Å². The third-order valence-corrected chi connectivity index (χ3v) is 4.84. The number of ketones is 1. The Bertz CT molecular complexity index is 721. The minimum Gasteiger partial charge on any atom is -0.325 e. The standard InChI is InChI=1S/C15H12ClNO2S/c1-2-9-3-4-13(20-9)15(19)10-5-8-6-14(18)17-12(8)7-11(10)16/h3-5,7H,2,6H2,1H3,(H,17,18). The topological polar surface area (TPSA) is 46.2 Å². The van der Waals surface area contributed by atoms with Crippen LogP contribution >= 0.6 is 22.9 Å². The highest BCUT2D eigenvalue weighted by Crippen LogP contribution is 2.32. The van der Waals surface area contributed by atoms with Crippen LogP contribution in [-0.4, -0.2) is 11.7 Å². The van der Waals surface area contributed by atoms with E-state index in [-0.39, 0.29) is 11.7 Å². The molecule has 102 valence electrons. The summed E-state index contributed by atoms with van der Waals surface area (Å²) in [5.41, 5.74) is 2.00. The number of thiophene rings is 1. The van der Waals surface area contributed by atoms with Gasteiger partial charge in [-0.15, -0.1) is 11.3 Å². The lowest BCUT2D eigenvalue weighted by molar-refractivity contribution is -0.115. The highest BCUT2D eigenvalue weighted by atomic mass is 35.5. The fourth-order valence-electron chi connectivity index (χ4n) is 2.24. The highest BCUT2D eigenvalue weighted by Gasteiger charge is 2.23. The van der Waals surface area contributed by atoms with Crippen molar-refractivity contribution in [3.8, 4) is 0 Å². The van der Waals surface area contributed by atoms with E-state index in [4.69, 9.17) is 11.6 Å². The number of amides is 1. The minimum absolute atomic E-state index is 0.0648. The van der Waals surface area contributed by atoms with Crippen LogP contribution in [0.1, 0.15) is 32.6 Å². The minimum atomic E-state index is -0.0816. The highest BCUT2D eigenvalue weighted by molar-refractivity contribution is 7.14. The summed E-state index contributed by atoms with van der Waals surface area (Å²) in [6.45, 7) is 2.06. The number of carbonyl (C=O) groups excluding carboxylic acids is 2. The molecule has 1 N–H and O–H groups in total. The largest absolute Gasteiger partial charge is 0.325 e. The molecule has 3 nitrogen and oxygen atoms in total. The lowest BCUT2D eigenvalue weighted by Gasteiger charge is -2.05. The summed E-state index contributed by atoms with van der Waals surface area (Å²) in [6, 6.07) is 7.18. The average Bonchev–Trinajstić information content (AvgIpc) is 3.02. The molecule has 5 heteroatoms. The Morgan fingerprint density at radius 3 is 2.90 bits per heavy atom. The number of halogens is 1. The van der Waals surface area contributed by atoms with Crippen LogP contribution in [0.4, 0.5) is 5.69 Å². The molecule has 0 unspecified atom stereocenters. The summed E-state index contributed by atoms with van der Waals surface area (Å²) in [4.78, 5) is 25.7. The summed E-state index contributed by atoms with van der Waals surface area (Å²) in [7, 11) is 0. The molecule has 1 aliphatic rings. The van der Waals surface area contributed by atoms with E-state index in [0.29, 0.717) is 27.6 Å².